The van der Waals surface area contributed by atoms with Crippen LogP contribution in [-0.4, -0.2) is 49.2 Å². The molecule has 3 N–H and O–H groups in total. The van der Waals surface area contributed by atoms with Crippen LogP contribution in [0.5, 0.6) is 0 Å². The Kier molecular flexibility index (Phi) is 5.87. The lowest BCUT2D eigenvalue weighted by Gasteiger charge is -2.32. The number of likely N-dealkylation sites (tertiary alicyclic amines) is 1. The second-order valence-corrected chi connectivity index (χ2v) is 4.69. The Morgan fingerprint density at radius 1 is 1.33 bits per heavy atom. The van der Waals surface area contributed by atoms with Gasteiger partial charge >= 0.3 is 6.18 Å². The molecule has 0 saturated carbocycles. The molecular weight excluding hydrogens is 247 g/mol. The zero-order valence-corrected chi connectivity index (χ0v) is 10.3. The maximum atomic E-state index is 12.2. The summed E-state index contributed by atoms with van der Waals surface area (Å²) in [5, 5.41) is 3.24. The molecule has 18 heavy (non-hydrogen) atoms. The standard InChI is InChI=1S/C11H20F3N3O/c12-11(13,14)8-17-6-3-9(4-7-17)16-5-1-2-10(15)18/h9,16H,1-8H2,(H2,15,18). The van der Waals surface area contributed by atoms with E-state index in [4.69, 9.17) is 5.73 Å². The summed E-state index contributed by atoms with van der Waals surface area (Å²) >= 11 is 0. The summed E-state index contributed by atoms with van der Waals surface area (Å²) in [6.07, 6.45) is -1.65. The molecule has 0 aromatic carbocycles. The van der Waals surface area contributed by atoms with E-state index >= 15 is 0 Å². The highest BCUT2D eigenvalue weighted by Crippen LogP contribution is 2.19. The van der Waals surface area contributed by atoms with Crippen molar-refractivity contribution >= 4 is 5.91 Å². The van der Waals surface area contributed by atoms with E-state index in [-0.39, 0.29) is 11.9 Å². The number of carbonyl (C=O) groups is 1. The van der Waals surface area contributed by atoms with Gasteiger partial charge in [-0.05, 0) is 38.9 Å². The molecule has 0 unspecified atom stereocenters. The lowest BCUT2D eigenvalue weighted by atomic mass is 10.0. The molecule has 0 aromatic heterocycles. The van der Waals surface area contributed by atoms with Crippen LogP contribution >= 0.6 is 0 Å². The van der Waals surface area contributed by atoms with Crippen LogP contribution in [0.2, 0.25) is 0 Å². The van der Waals surface area contributed by atoms with Gasteiger partial charge in [0, 0.05) is 12.5 Å². The Hall–Kier alpha value is -0.820. The van der Waals surface area contributed by atoms with Crippen molar-refractivity contribution in [1.82, 2.24) is 10.2 Å². The van der Waals surface area contributed by atoms with E-state index < -0.39 is 12.7 Å². The van der Waals surface area contributed by atoms with E-state index in [0.717, 1.165) is 0 Å². The van der Waals surface area contributed by atoms with Crippen molar-refractivity contribution in [2.24, 2.45) is 5.73 Å². The number of amides is 1. The molecule has 1 heterocycles. The van der Waals surface area contributed by atoms with E-state index in [0.29, 0.717) is 45.3 Å². The number of hydrogen-bond acceptors (Lipinski definition) is 3. The SMILES string of the molecule is NC(=O)CCCNC1CCN(CC(F)(F)F)CC1. The van der Waals surface area contributed by atoms with Gasteiger partial charge in [-0.3, -0.25) is 9.69 Å². The van der Waals surface area contributed by atoms with Gasteiger partial charge < -0.3 is 11.1 Å². The Morgan fingerprint density at radius 3 is 2.44 bits per heavy atom. The molecule has 1 rings (SSSR count). The fourth-order valence-electron chi connectivity index (χ4n) is 2.12. The molecule has 1 aliphatic heterocycles. The first-order valence-corrected chi connectivity index (χ1v) is 6.17. The quantitative estimate of drug-likeness (QED) is 0.702. The molecule has 0 radical (unpaired) electrons. The number of rotatable bonds is 6. The van der Waals surface area contributed by atoms with Crippen LogP contribution < -0.4 is 11.1 Å². The zero-order valence-electron chi connectivity index (χ0n) is 10.3. The first-order valence-electron chi connectivity index (χ1n) is 6.17. The van der Waals surface area contributed by atoms with Crippen molar-refractivity contribution in [2.45, 2.75) is 37.9 Å². The highest BCUT2D eigenvalue weighted by molar-refractivity contribution is 5.73. The van der Waals surface area contributed by atoms with Crippen molar-refractivity contribution in [3.05, 3.63) is 0 Å². The number of hydrogen-bond donors (Lipinski definition) is 2. The number of primary amides is 1. The number of carbonyl (C=O) groups excluding carboxylic acids is 1. The molecule has 1 amide bonds. The number of piperidine rings is 1. The number of alkyl halides is 3. The largest absolute Gasteiger partial charge is 0.401 e. The van der Waals surface area contributed by atoms with Crippen LogP contribution in [0.25, 0.3) is 0 Å². The van der Waals surface area contributed by atoms with E-state index in [1.807, 2.05) is 0 Å². The van der Waals surface area contributed by atoms with Gasteiger partial charge in [0.2, 0.25) is 5.91 Å². The average Bonchev–Trinajstić information content (AvgIpc) is 2.24. The van der Waals surface area contributed by atoms with Crippen molar-refractivity contribution in [3.63, 3.8) is 0 Å². The van der Waals surface area contributed by atoms with Crippen LogP contribution in [0, 0.1) is 0 Å². The predicted molar refractivity (Wildman–Crippen MR) is 61.9 cm³/mol. The molecule has 1 aliphatic rings. The summed E-state index contributed by atoms with van der Waals surface area (Å²) < 4.78 is 36.5. The van der Waals surface area contributed by atoms with Gasteiger partial charge in [0.1, 0.15) is 0 Å². The number of nitrogens with zero attached hydrogens (tertiary/aromatic N) is 1. The number of nitrogens with two attached hydrogens (primary N) is 1. The molecule has 0 atom stereocenters. The Labute approximate surface area is 105 Å². The third-order valence-corrected chi connectivity index (χ3v) is 3.02. The van der Waals surface area contributed by atoms with Crippen molar-refractivity contribution in [1.29, 1.82) is 0 Å². The van der Waals surface area contributed by atoms with Gasteiger partial charge in [-0.2, -0.15) is 13.2 Å². The third-order valence-electron chi connectivity index (χ3n) is 3.02. The van der Waals surface area contributed by atoms with Gasteiger partial charge in [-0.25, -0.2) is 0 Å². The first-order chi connectivity index (χ1) is 8.37. The number of nitrogens with one attached hydrogen (secondary N) is 1. The van der Waals surface area contributed by atoms with Crippen molar-refractivity contribution in [2.75, 3.05) is 26.2 Å². The van der Waals surface area contributed by atoms with Gasteiger partial charge in [-0.1, -0.05) is 0 Å². The van der Waals surface area contributed by atoms with Crippen molar-refractivity contribution in [3.8, 4) is 0 Å². The van der Waals surface area contributed by atoms with Crippen LogP contribution in [0.1, 0.15) is 25.7 Å². The molecule has 7 heteroatoms. The normalized spacial score (nSPS) is 19.1. The molecule has 0 spiro atoms. The Bertz CT molecular complexity index is 263. The van der Waals surface area contributed by atoms with E-state index in [1.54, 1.807) is 0 Å². The van der Waals surface area contributed by atoms with Gasteiger partial charge in [0.15, 0.2) is 0 Å². The fourth-order valence-corrected chi connectivity index (χ4v) is 2.12. The Morgan fingerprint density at radius 2 is 1.94 bits per heavy atom. The summed E-state index contributed by atoms with van der Waals surface area (Å²) in [6, 6.07) is 0.252. The minimum atomic E-state index is -4.11. The van der Waals surface area contributed by atoms with Crippen LogP contribution in [0.4, 0.5) is 13.2 Å². The van der Waals surface area contributed by atoms with Crippen LogP contribution in [-0.2, 0) is 4.79 Å². The minimum absolute atomic E-state index is 0.252. The maximum absolute atomic E-state index is 12.2. The van der Waals surface area contributed by atoms with Gasteiger partial charge in [-0.15, -0.1) is 0 Å². The smallest absolute Gasteiger partial charge is 0.370 e. The monoisotopic (exact) mass is 267 g/mol. The molecule has 0 bridgehead atoms. The van der Waals surface area contributed by atoms with Gasteiger partial charge in [0.05, 0.1) is 6.54 Å². The van der Waals surface area contributed by atoms with E-state index in [2.05, 4.69) is 5.32 Å². The summed E-state index contributed by atoms with van der Waals surface area (Å²) in [5.74, 6) is -0.322. The predicted octanol–water partition coefficient (Wildman–Crippen LogP) is 0.868. The van der Waals surface area contributed by atoms with Crippen LogP contribution in [0.3, 0.4) is 0 Å². The van der Waals surface area contributed by atoms with Crippen LogP contribution in [0.15, 0.2) is 0 Å². The highest BCUT2D eigenvalue weighted by atomic mass is 19.4. The minimum Gasteiger partial charge on any atom is -0.370 e. The van der Waals surface area contributed by atoms with E-state index in [1.165, 1.54) is 4.90 Å². The number of halogens is 3. The van der Waals surface area contributed by atoms with Crippen molar-refractivity contribution < 1.29 is 18.0 Å². The second-order valence-electron chi connectivity index (χ2n) is 4.69. The lowest BCUT2D eigenvalue weighted by molar-refractivity contribution is -0.148. The lowest BCUT2D eigenvalue weighted by Crippen LogP contribution is -2.45. The maximum Gasteiger partial charge on any atom is 0.401 e. The topological polar surface area (TPSA) is 58.4 Å². The molecule has 0 aliphatic carbocycles. The zero-order chi connectivity index (χ0) is 13.6. The summed E-state index contributed by atoms with van der Waals surface area (Å²) in [6.45, 7) is 0.800. The molecule has 106 valence electrons. The first kappa shape index (κ1) is 15.2. The third kappa shape index (κ3) is 6.80. The van der Waals surface area contributed by atoms with Gasteiger partial charge in [0.25, 0.3) is 0 Å². The summed E-state index contributed by atoms with van der Waals surface area (Å²) in [7, 11) is 0. The molecule has 4 nitrogen and oxygen atoms in total. The highest BCUT2D eigenvalue weighted by Gasteiger charge is 2.32. The molecular formula is C11H20F3N3O. The molecule has 1 saturated heterocycles. The molecule has 1 fully saturated rings. The molecule has 0 aromatic rings. The van der Waals surface area contributed by atoms with E-state index in [9.17, 15) is 18.0 Å². The summed E-state index contributed by atoms with van der Waals surface area (Å²) in [5.41, 5.74) is 5.01. The summed E-state index contributed by atoms with van der Waals surface area (Å²) in [4.78, 5) is 11.9. The average molecular weight is 267 g/mol. The fraction of sp³-hybridized carbons (Fsp3) is 0.909. The Balaban J connectivity index is 2.10. The second kappa shape index (κ2) is 6.94.